The molecule has 0 heterocycles. The molecular weight excluding hydrogens is 400 g/mol. The number of hydrogen-bond donors (Lipinski definition) is 3. The molecular formula is C23H32N2O6. The summed E-state index contributed by atoms with van der Waals surface area (Å²) >= 11 is 0. The maximum absolute atomic E-state index is 13.2. The summed E-state index contributed by atoms with van der Waals surface area (Å²) in [4.78, 5) is 49.4. The van der Waals surface area contributed by atoms with E-state index in [1.807, 2.05) is 6.07 Å². The van der Waals surface area contributed by atoms with Crippen LogP contribution in [0.3, 0.4) is 0 Å². The first-order chi connectivity index (χ1) is 14.7. The van der Waals surface area contributed by atoms with Crippen LogP contribution in [-0.4, -0.2) is 35.0 Å². The number of benzene rings is 1. The number of carbonyl (C=O) groups excluding carboxylic acids is 3. The minimum atomic E-state index is -1.80. The summed E-state index contributed by atoms with van der Waals surface area (Å²) in [5, 5.41) is 11.9. The Bertz CT molecular complexity index is 840. The average molecular weight is 433 g/mol. The lowest BCUT2D eigenvalue weighted by Crippen LogP contribution is -2.48. The van der Waals surface area contributed by atoms with Crippen LogP contribution in [0.25, 0.3) is 0 Å². The molecule has 1 aliphatic rings. The third-order valence-electron chi connectivity index (χ3n) is 6.22. The van der Waals surface area contributed by atoms with Crippen molar-refractivity contribution in [2.75, 3.05) is 5.73 Å². The first kappa shape index (κ1) is 24.4. The molecule has 1 saturated carbocycles. The van der Waals surface area contributed by atoms with Crippen LogP contribution in [0.2, 0.25) is 0 Å². The van der Waals surface area contributed by atoms with Gasteiger partial charge in [0.05, 0.1) is 0 Å². The van der Waals surface area contributed by atoms with Crippen molar-refractivity contribution in [1.29, 1.82) is 0 Å². The van der Waals surface area contributed by atoms with Crippen LogP contribution < -0.4 is 11.1 Å². The average Bonchev–Trinajstić information content (AvgIpc) is 2.74. The molecule has 8 nitrogen and oxygen atoms in total. The van der Waals surface area contributed by atoms with Gasteiger partial charge in [0.2, 0.25) is 17.9 Å². The molecule has 1 unspecified atom stereocenters. The van der Waals surface area contributed by atoms with Crippen molar-refractivity contribution in [2.45, 2.75) is 77.9 Å². The third kappa shape index (κ3) is 5.42. The van der Waals surface area contributed by atoms with Crippen LogP contribution >= 0.6 is 0 Å². The molecule has 1 aliphatic carbocycles. The summed E-state index contributed by atoms with van der Waals surface area (Å²) in [6.45, 7) is 4.29. The number of anilines is 1. The molecule has 170 valence electrons. The largest absolute Gasteiger partial charge is 0.480 e. The molecule has 0 aromatic heterocycles. The maximum Gasteiger partial charge on any atom is 0.325 e. The van der Waals surface area contributed by atoms with Crippen LogP contribution in [0.1, 0.15) is 87.6 Å². The van der Waals surface area contributed by atoms with Crippen LogP contribution in [0.5, 0.6) is 0 Å². The summed E-state index contributed by atoms with van der Waals surface area (Å²) in [5.74, 6) is -3.37. The van der Waals surface area contributed by atoms with Crippen molar-refractivity contribution >= 4 is 29.3 Å². The first-order valence-electron chi connectivity index (χ1n) is 10.8. The summed E-state index contributed by atoms with van der Waals surface area (Å²) in [5.41, 5.74) is 5.56. The molecule has 2 rings (SSSR count). The Morgan fingerprint density at radius 1 is 1.16 bits per heavy atom. The molecule has 0 radical (unpaired) electrons. The number of rotatable bonds is 9. The number of carbonyl (C=O) groups is 4. The number of ether oxygens (including phenoxy) is 1. The quantitative estimate of drug-likeness (QED) is 0.179. The van der Waals surface area contributed by atoms with E-state index in [1.54, 1.807) is 26.0 Å². The number of ketones is 1. The number of nitrogen functional groups attached to an aromatic ring is 1. The number of amides is 1. The Morgan fingerprint density at radius 2 is 1.77 bits per heavy atom. The molecule has 0 bridgehead atoms. The topological polar surface area (TPSA) is 136 Å². The second kappa shape index (κ2) is 10.4. The van der Waals surface area contributed by atoms with Crippen LogP contribution in [0.4, 0.5) is 5.69 Å². The van der Waals surface area contributed by atoms with Crippen molar-refractivity contribution in [2.24, 2.45) is 5.41 Å². The van der Waals surface area contributed by atoms with Gasteiger partial charge < -0.3 is 20.9 Å². The highest BCUT2D eigenvalue weighted by atomic mass is 16.6. The fourth-order valence-electron chi connectivity index (χ4n) is 4.10. The van der Waals surface area contributed by atoms with Gasteiger partial charge in [-0.05, 0) is 49.3 Å². The van der Waals surface area contributed by atoms with Crippen LogP contribution in [-0.2, 0) is 19.1 Å². The highest BCUT2D eigenvalue weighted by molar-refractivity contribution is 6.07. The van der Waals surface area contributed by atoms with Gasteiger partial charge in [0.15, 0.2) is 5.41 Å². The number of hydrogen-bond acceptors (Lipinski definition) is 6. The van der Waals surface area contributed by atoms with E-state index in [1.165, 1.54) is 13.3 Å². The van der Waals surface area contributed by atoms with E-state index in [2.05, 4.69) is 5.32 Å². The summed E-state index contributed by atoms with van der Waals surface area (Å²) in [6.07, 6.45) is 3.79. The number of nitrogens with two attached hydrogens (primary N) is 1. The van der Waals surface area contributed by atoms with Gasteiger partial charge in [-0.2, -0.15) is 0 Å². The van der Waals surface area contributed by atoms with Gasteiger partial charge in [-0.3, -0.25) is 19.2 Å². The van der Waals surface area contributed by atoms with E-state index in [9.17, 15) is 24.3 Å². The van der Waals surface area contributed by atoms with E-state index in [0.717, 1.165) is 31.2 Å². The van der Waals surface area contributed by atoms with Gasteiger partial charge in [-0.1, -0.05) is 39.2 Å². The van der Waals surface area contributed by atoms with Gasteiger partial charge in [0, 0.05) is 18.2 Å². The first-order valence-corrected chi connectivity index (χ1v) is 10.8. The number of carboxylic acids is 1. The molecule has 1 aromatic carbocycles. The maximum atomic E-state index is 13.2. The zero-order chi connectivity index (χ0) is 23.2. The van der Waals surface area contributed by atoms with Crippen molar-refractivity contribution in [3.05, 3.63) is 29.3 Å². The lowest BCUT2D eigenvalue weighted by atomic mass is 9.82. The predicted molar refractivity (Wildman–Crippen MR) is 115 cm³/mol. The summed E-state index contributed by atoms with van der Waals surface area (Å²) in [6, 6.07) is 5.23. The zero-order valence-corrected chi connectivity index (χ0v) is 18.4. The molecule has 4 N–H and O–H groups in total. The van der Waals surface area contributed by atoms with Gasteiger partial charge >= 0.3 is 11.9 Å². The standard InChI is InChI=1S/C23H32N2O6/c1-4-23(5-2,21(28)29)22(30)31-20(25-14(3)26)19(27)17-13-16(11-12-18(17)24)15-9-7-6-8-10-15/h11-13,15,20H,4-10,24H2,1-3H3,(H,25,26)(H,28,29). The molecule has 0 aliphatic heterocycles. The number of aliphatic carboxylic acids is 1. The van der Waals surface area contributed by atoms with Crippen LogP contribution in [0, 0.1) is 5.41 Å². The van der Waals surface area contributed by atoms with Crippen molar-refractivity contribution in [1.82, 2.24) is 5.32 Å². The normalized spacial score (nSPS) is 15.7. The smallest absolute Gasteiger partial charge is 0.325 e. The van der Waals surface area contributed by atoms with E-state index in [-0.39, 0.29) is 24.1 Å². The minimum absolute atomic E-state index is 0.0159. The Hall–Kier alpha value is -2.90. The molecule has 31 heavy (non-hydrogen) atoms. The van der Waals surface area contributed by atoms with E-state index in [0.29, 0.717) is 5.92 Å². The monoisotopic (exact) mass is 432 g/mol. The zero-order valence-electron chi connectivity index (χ0n) is 18.4. The fraction of sp³-hybridized carbons (Fsp3) is 0.565. The molecule has 1 aromatic rings. The Balaban J connectivity index is 2.35. The molecule has 0 saturated heterocycles. The predicted octanol–water partition coefficient (Wildman–Crippen LogP) is 3.40. The lowest BCUT2D eigenvalue weighted by Gasteiger charge is -2.27. The highest BCUT2D eigenvalue weighted by Crippen LogP contribution is 2.34. The molecule has 8 heteroatoms. The Morgan fingerprint density at radius 3 is 2.29 bits per heavy atom. The number of Topliss-reactive ketones (excluding diaryl/α,β-unsaturated/α-hetero) is 1. The number of carboxylic acid groups (broad SMARTS) is 1. The van der Waals surface area contributed by atoms with Crippen molar-refractivity contribution in [3.8, 4) is 0 Å². The Labute approximate surface area is 182 Å². The molecule has 1 atom stereocenters. The van der Waals surface area contributed by atoms with Crippen molar-refractivity contribution in [3.63, 3.8) is 0 Å². The van der Waals surface area contributed by atoms with E-state index in [4.69, 9.17) is 10.5 Å². The van der Waals surface area contributed by atoms with E-state index < -0.39 is 35.3 Å². The van der Waals surface area contributed by atoms with Crippen molar-refractivity contribution < 1.29 is 29.0 Å². The number of nitrogens with one attached hydrogen (secondary N) is 1. The SMILES string of the molecule is CCC(CC)(C(=O)O)C(=O)OC(NC(C)=O)C(=O)c1cc(C2CCCCC2)ccc1N. The fourth-order valence-corrected chi connectivity index (χ4v) is 4.10. The molecule has 1 amide bonds. The van der Waals surface area contributed by atoms with Gasteiger partial charge in [0.25, 0.3) is 0 Å². The van der Waals surface area contributed by atoms with E-state index >= 15 is 0 Å². The second-order valence-electron chi connectivity index (χ2n) is 8.13. The second-order valence-corrected chi connectivity index (χ2v) is 8.13. The van der Waals surface area contributed by atoms with Gasteiger partial charge in [-0.25, -0.2) is 0 Å². The lowest BCUT2D eigenvalue weighted by molar-refractivity contribution is -0.172. The molecule has 0 spiro atoms. The summed E-state index contributed by atoms with van der Waals surface area (Å²) in [7, 11) is 0. The van der Waals surface area contributed by atoms with Gasteiger partial charge in [-0.15, -0.1) is 0 Å². The van der Waals surface area contributed by atoms with Gasteiger partial charge in [0.1, 0.15) is 0 Å². The highest BCUT2D eigenvalue weighted by Gasteiger charge is 2.46. The minimum Gasteiger partial charge on any atom is -0.480 e. The summed E-state index contributed by atoms with van der Waals surface area (Å²) < 4.78 is 5.27. The number of esters is 1. The molecule has 1 fully saturated rings. The van der Waals surface area contributed by atoms with Crippen LogP contribution in [0.15, 0.2) is 18.2 Å². The third-order valence-corrected chi connectivity index (χ3v) is 6.22. The Kier molecular flexibility index (Phi) is 8.19.